The predicted octanol–water partition coefficient (Wildman–Crippen LogP) is 2.47. The van der Waals surface area contributed by atoms with Crippen LogP contribution in [0.15, 0.2) is 0 Å². The van der Waals surface area contributed by atoms with E-state index >= 15 is 0 Å². The highest BCUT2D eigenvalue weighted by molar-refractivity contribution is 4.67. The van der Waals surface area contributed by atoms with E-state index in [0.29, 0.717) is 6.61 Å². The van der Waals surface area contributed by atoms with Gasteiger partial charge in [0, 0.05) is 7.11 Å². The van der Waals surface area contributed by atoms with Crippen molar-refractivity contribution in [1.82, 2.24) is 0 Å². The van der Waals surface area contributed by atoms with Crippen molar-refractivity contribution in [2.24, 2.45) is 5.41 Å². The largest absolute Gasteiger partial charge is 0.378 e. The van der Waals surface area contributed by atoms with Crippen molar-refractivity contribution >= 4 is 0 Å². The Bertz CT molecular complexity index is 122. The molecule has 0 aliphatic rings. The summed E-state index contributed by atoms with van der Waals surface area (Å²) in [5.41, 5.74) is 0.0784. The molecular weight excluding hydrogens is 152 g/mol. The van der Waals surface area contributed by atoms with Gasteiger partial charge in [-0.2, -0.15) is 0 Å². The van der Waals surface area contributed by atoms with E-state index in [0.717, 1.165) is 6.61 Å². The van der Waals surface area contributed by atoms with Gasteiger partial charge in [0.15, 0.2) is 0 Å². The second-order valence-corrected chi connectivity index (χ2v) is 5.02. The Morgan fingerprint density at radius 3 is 1.75 bits per heavy atom. The van der Waals surface area contributed by atoms with Gasteiger partial charge in [-0.25, -0.2) is 0 Å². The summed E-state index contributed by atoms with van der Waals surface area (Å²) in [5, 5.41) is 0. The first kappa shape index (κ1) is 11.9. The van der Waals surface area contributed by atoms with Gasteiger partial charge >= 0.3 is 0 Å². The second kappa shape index (κ2) is 4.24. The molecule has 0 aliphatic heterocycles. The Morgan fingerprint density at radius 1 is 0.917 bits per heavy atom. The minimum Gasteiger partial charge on any atom is -0.378 e. The van der Waals surface area contributed by atoms with Gasteiger partial charge in [0.2, 0.25) is 0 Å². The van der Waals surface area contributed by atoms with E-state index in [4.69, 9.17) is 9.47 Å². The fourth-order valence-electron chi connectivity index (χ4n) is 0.662. The highest BCUT2D eigenvalue weighted by Gasteiger charge is 2.18. The quantitative estimate of drug-likeness (QED) is 0.652. The Morgan fingerprint density at radius 2 is 1.42 bits per heavy atom. The molecule has 0 atom stereocenters. The van der Waals surface area contributed by atoms with Crippen LogP contribution >= 0.6 is 0 Å². The van der Waals surface area contributed by atoms with Gasteiger partial charge < -0.3 is 9.47 Å². The first-order chi connectivity index (χ1) is 5.27. The lowest BCUT2D eigenvalue weighted by Crippen LogP contribution is -2.31. The van der Waals surface area contributed by atoms with Crippen LogP contribution in [0.25, 0.3) is 0 Å². The lowest BCUT2D eigenvalue weighted by atomic mass is 9.98. The number of hydrogen-bond donors (Lipinski definition) is 0. The normalized spacial score (nSPS) is 13.5. The van der Waals surface area contributed by atoms with Crippen LogP contribution in [0.1, 0.15) is 34.6 Å². The zero-order chi connectivity index (χ0) is 9.83. The molecule has 0 radical (unpaired) electrons. The Hall–Kier alpha value is -0.0800. The van der Waals surface area contributed by atoms with Gasteiger partial charge in [-0.15, -0.1) is 0 Å². The standard InChI is InChI=1S/C10H22O2/c1-9(2,3)7-12-8-10(4,5)11-6/h7-8H2,1-6H3. The molecule has 12 heavy (non-hydrogen) atoms. The first-order valence-corrected chi connectivity index (χ1v) is 4.40. The van der Waals surface area contributed by atoms with Crippen LogP contribution in [-0.4, -0.2) is 25.9 Å². The fraction of sp³-hybridized carbons (Fsp3) is 1.00. The maximum atomic E-state index is 5.53. The molecule has 0 N–H and O–H groups in total. The zero-order valence-corrected chi connectivity index (χ0v) is 9.23. The van der Waals surface area contributed by atoms with Crippen molar-refractivity contribution in [3.63, 3.8) is 0 Å². The third kappa shape index (κ3) is 6.62. The molecule has 0 saturated heterocycles. The maximum absolute atomic E-state index is 5.53. The summed E-state index contributed by atoms with van der Waals surface area (Å²) in [6.07, 6.45) is 0. The van der Waals surface area contributed by atoms with Crippen molar-refractivity contribution in [2.45, 2.75) is 40.2 Å². The molecule has 74 valence electrons. The summed E-state index contributed by atoms with van der Waals surface area (Å²) in [6, 6.07) is 0. The van der Waals surface area contributed by atoms with E-state index in [1.165, 1.54) is 0 Å². The highest BCUT2D eigenvalue weighted by Crippen LogP contribution is 2.15. The third-order valence-corrected chi connectivity index (χ3v) is 1.54. The van der Waals surface area contributed by atoms with Crippen LogP contribution in [0.3, 0.4) is 0 Å². The van der Waals surface area contributed by atoms with Gasteiger partial charge in [-0.1, -0.05) is 20.8 Å². The molecular formula is C10H22O2. The molecule has 0 spiro atoms. The summed E-state index contributed by atoms with van der Waals surface area (Å²) in [5.74, 6) is 0. The van der Waals surface area contributed by atoms with Gasteiger partial charge in [0.1, 0.15) is 0 Å². The highest BCUT2D eigenvalue weighted by atomic mass is 16.5. The van der Waals surface area contributed by atoms with Crippen molar-refractivity contribution in [2.75, 3.05) is 20.3 Å². The average Bonchev–Trinajstić information content (AvgIpc) is 1.84. The summed E-state index contributed by atoms with van der Waals surface area (Å²) in [4.78, 5) is 0. The SMILES string of the molecule is COC(C)(C)COCC(C)(C)C. The lowest BCUT2D eigenvalue weighted by molar-refractivity contribution is -0.0640. The molecule has 0 heterocycles. The number of ether oxygens (including phenoxy) is 2. The summed E-state index contributed by atoms with van der Waals surface area (Å²) in [7, 11) is 1.71. The molecule has 0 aromatic rings. The van der Waals surface area contributed by atoms with E-state index in [-0.39, 0.29) is 11.0 Å². The van der Waals surface area contributed by atoms with Gasteiger partial charge in [-0.05, 0) is 19.3 Å². The Kier molecular flexibility index (Phi) is 4.21. The second-order valence-electron chi connectivity index (χ2n) is 5.02. The number of hydrogen-bond acceptors (Lipinski definition) is 2. The van der Waals surface area contributed by atoms with E-state index in [9.17, 15) is 0 Å². The maximum Gasteiger partial charge on any atom is 0.0855 e. The van der Waals surface area contributed by atoms with Crippen LogP contribution < -0.4 is 0 Å². The molecule has 0 aliphatic carbocycles. The molecule has 0 fully saturated rings. The molecule has 0 unspecified atom stereocenters. The van der Waals surface area contributed by atoms with Crippen molar-refractivity contribution < 1.29 is 9.47 Å². The smallest absolute Gasteiger partial charge is 0.0855 e. The lowest BCUT2D eigenvalue weighted by Gasteiger charge is -2.25. The summed E-state index contributed by atoms with van der Waals surface area (Å²) >= 11 is 0. The van der Waals surface area contributed by atoms with E-state index in [1.54, 1.807) is 7.11 Å². The molecule has 0 bridgehead atoms. The Labute approximate surface area is 76.3 Å². The minimum absolute atomic E-state index is 0.161. The molecule has 0 rings (SSSR count). The van der Waals surface area contributed by atoms with Crippen LogP contribution in [0.5, 0.6) is 0 Å². The fourth-order valence-corrected chi connectivity index (χ4v) is 0.662. The average molecular weight is 174 g/mol. The summed E-state index contributed by atoms with van der Waals surface area (Å²) in [6.45, 7) is 12.0. The van der Waals surface area contributed by atoms with Crippen molar-refractivity contribution in [3.05, 3.63) is 0 Å². The molecule has 0 aromatic carbocycles. The van der Waals surface area contributed by atoms with Crippen LogP contribution in [0.2, 0.25) is 0 Å². The zero-order valence-electron chi connectivity index (χ0n) is 9.23. The van der Waals surface area contributed by atoms with Crippen molar-refractivity contribution in [3.8, 4) is 0 Å². The van der Waals surface area contributed by atoms with Crippen LogP contribution in [-0.2, 0) is 9.47 Å². The topological polar surface area (TPSA) is 18.5 Å². The van der Waals surface area contributed by atoms with E-state index < -0.39 is 0 Å². The van der Waals surface area contributed by atoms with Crippen LogP contribution in [0, 0.1) is 5.41 Å². The van der Waals surface area contributed by atoms with Gasteiger partial charge in [-0.3, -0.25) is 0 Å². The van der Waals surface area contributed by atoms with Gasteiger partial charge in [0.05, 0.1) is 18.8 Å². The van der Waals surface area contributed by atoms with E-state index in [1.807, 2.05) is 13.8 Å². The monoisotopic (exact) mass is 174 g/mol. The minimum atomic E-state index is -0.161. The molecule has 0 saturated carbocycles. The number of methoxy groups -OCH3 is 1. The summed E-state index contributed by atoms with van der Waals surface area (Å²) < 4.78 is 10.8. The van der Waals surface area contributed by atoms with Crippen LogP contribution in [0.4, 0.5) is 0 Å². The molecule has 0 amide bonds. The van der Waals surface area contributed by atoms with E-state index in [2.05, 4.69) is 20.8 Å². The predicted molar refractivity (Wildman–Crippen MR) is 51.4 cm³/mol. The third-order valence-electron chi connectivity index (χ3n) is 1.54. The van der Waals surface area contributed by atoms with Gasteiger partial charge in [0.25, 0.3) is 0 Å². The van der Waals surface area contributed by atoms with Crippen molar-refractivity contribution in [1.29, 1.82) is 0 Å². The number of rotatable bonds is 4. The first-order valence-electron chi connectivity index (χ1n) is 4.40. The Balaban J connectivity index is 3.57. The molecule has 2 heteroatoms. The molecule has 2 nitrogen and oxygen atoms in total. The molecule has 0 aromatic heterocycles.